The Morgan fingerprint density at radius 1 is 1.24 bits per heavy atom. The fraction of sp³-hybridized carbons (Fsp3) is 0.560. The molecule has 0 bridgehead atoms. The van der Waals surface area contributed by atoms with E-state index in [4.69, 9.17) is 9.72 Å². The van der Waals surface area contributed by atoms with Crippen LogP contribution in [-0.4, -0.2) is 48.9 Å². The largest absolute Gasteiger partial charge is 0.452 e. The average Bonchev–Trinajstić information content (AvgIpc) is 3.01. The van der Waals surface area contributed by atoms with Crippen molar-refractivity contribution in [2.24, 2.45) is 11.3 Å². The summed E-state index contributed by atoms with van der Waals surface area (Å²) in [5.74, 6) is -0.683. The summed E-state index contributed by atoms with van der Waals surface area (Å²) in [4.78, 5) is 30.6. The highest BCUT2D eigenvalue weighted by Crippen LogP contribution is 2.39. The second-order valence-electron chi connectivity index (χ2n) is 10.8. The SMILES string of the molecule is CC1(NC(=O)COC(=O)c2c3c(nc4ccccc24)CCC(C(C)(C)C)C3)CCS(=O)(=O)C1. The van der Waals surface area contributed by atoms with Crippen LogP contribution in [0, 0.1) is 11.3 Å². The van der Waals surface area contributed by atoms with E-state index in [-0.39, 0.29) is 16.9 Å². The highest BCUT2D eigenvalue weighted by Gasteiger charge is 2.39. The van der Waals surface area contributed by atoms with E-state index in [1.165, 1.54) is 0 Å². The molecule has 1 aromatic carbocycles. The van der Waals surface area contributed by atoms with Gasteiger partial charge in [0, 0.05) is 11.1 Å². The number of ether oxygens (including phenoxy) is 1. The predicted molar refractivity (Wildman–Crippen MR) is 127 cm³/mol. The molecule has 2 unspecified atom stereocenters. The third-order valence-corrected chi connectivity index (χ3v) is 8.87. The van der Waals surface area contributed by atoms with Crippen molar-refractivity contribution >= 4 is 32.6 Å². The molecule has 1 aromatic heterocycles. The molecular weight excluding hydrogens is 440 g/mol. The van der Waals surface area contributed by atoms with Gasteiger partial charge in [0.15, 0.2) is 16.4 Å². The van der Waals surface area contributed by atoms with Crippen LogP contribution in [-0.2, 0) is 32.2 Å². The molecule has 0 saturated carbocycles. The molecule has 2 atom stereocenters. The maximum absolute atomic E-state index is 13.3. The minimum absolute atomic E-state index is 0.0493. The topological polar surface area (TPSA) is 102 Å². The Kier molecular flexibility index (Phi) is 6.01. The van der Waals surface area contributed by atoms with Crippen LogP contribution < -0.4 is 5.32 Å². The standard InChI is InChI=1S/C25H32N2O5S/c1-24(2,3)16-9-10-20-18(13-16)22(17-7-5-6-8-19(17)26-20)23(29)32-14-21(28)27-25(4)11-12-33(30,31)15-25/h5-8,16H,9-15H2,1-4H3,(H,27,28). The second-order valence-corrected chi connectivity index (χ2v) is 12.9. The molecule has 1 aliphatic carbocycles. The summed E-state index contributed by atoms with van der Waals surface area (Å²) in [7, 11) is -3.16. The first-order valence-corrected chi connectivity index (χ1v) is 13.3. The Bertz CT molecular complexity index is 1220. The first-order chi connectivity index (χ1) is 15.4. The lowest BCUT2D eigenvalue weighted by atomic mass is 9.70. The molecule has 1 saturated heterocycles. The summed E-state index contributed by atoms with van der Waals surface area (Å²) in [6, 6.07) is 7.51. The molecule has 1 aliphatic heterocycles. The molecule has 2 aromatic rings. The molecule has 7 nitrogen and oxygen atoms in total. The van der Waals surface area contributed by atoms with E-state index in [2.05, 4.69) is 26.1 Å². The number of rotatable bonds is 4. The van der Waals surface area contributed by atoms with Gasteiger partial charge in [0.25, 0.3) is 5.91 Å². The molecule has 0 spiro atoms. The van der Waals surface area contributed by atoms with E-state index in [9.17, 15) is 18.0 Å². The van der Waals surface area contributed by atoms with Crippen LogP contribution in [0.25, 0.3) is 10.9 Å². The zero-order chi connectivity index (χ0) is 24.0. The summed E-state index contributed by atoms with van der Waals surface area (Å²) in [5.41, 5.74) is 2.35. The van der Waals surface area contributed by atoms with Crippen LogP contribution in [0.2, 0.25) is 0 Å². The van der Waals surface area contributed by atoms with E-state index in [1.807, 2.05) is 24.3 Å². The number of hydrogen-bond donors (Lipinski definition) is 1. The molecule has 178 valence electrons. The van der Waals surface area contributed by atoms with E-state index in [1.54, 1.807) is 6.92 Å². The third kappa shape index (κ3) is 5.05. The zero-order valence-electron chi connectivity index (χ0n) is 19.7. The van der Waals surface area contributed by atoms with Gasteiger partial charge in [-0.1, -0.05) is 39.0 Å². The summed E-state index contributed by atoms with van der Waals surface area (Å²) in [6.07, 6.45) is 2.91. The molecule has 1 fully saturated rings. The van der Waals surface area contributed by atoms with Crippen molar-refractivity contribution in [1.29, 1.82) is 0 Å². The van der Waals surface area contributed by atoms with E-state index < -0.39 is 33.9 Å². The van der Waals surface area contributed by atoms with Gasteiger partial charge in [-0.05, 0) is 55.6 Å². The number of carbonyl (C=O) groups is 2. The first kappa shape index (κ1) is 23.7. The van der Waals surface area contributed by atoms with Gasteiger partial charge in [-0.15, -0.1) is 0 Å². The van der Waals surface area contributed by atoms with Crippen LogP contribution >= 0.6 is 0 Å². The van der Waals surface area contributed by atoms with Gasteiger partial charge in [-0.2, -0.15) is 0 Å². The van der Waals surface area contributed by atoms with Gasteiger partial charge < -0.3 is 10.1 Å². The molecule has 0 radical (unpaired) electrons. The van der Waals surface area contributed by atoms with Crippen LogP contribution in [0.5, 0.6) is 0 Å². The highest BCUT2D eigenvalue weighted by atomic mass is 32.2. The molecule has 1 amide bonds. The number of sulfone groups is 1. The summed E-state index contributed by atoms with van der Waals surface area (Å²) in [5, 5.41) is 3.46. The van der Waals surface area contributed by atoms with Gasteiger partial charge in [0.05, 0.1) is 28.1 Å². The number of hydrogen-bond acceptors (Lipinski definition) is 6. The first-order valence-electron chi connectivity index (χ1n) is 11.5. The maximum Gasteiger partial charge on any atom is 0.339 e. The van der Waals surface area contributed by atoms with Crippen LogP contribution in [0.15, 0.2) is 24.3 Å². The lowest BCUT2D eigenvalue weighted by Crippen LogP contribution is -2.48. The number of amides is 1. The molecule has 4 rings (SSSR count). The van der Waals surface area contributed by atoms with Gasteiger partial charge in [0.1, 0.15) is 0 Å². The Hall–Kier alpha value is -2.48. The van der Waals surface area contributed by atoms with Crippen LogP contribution in [0.1, 0.15) is 62.2 Å². The quantitative estimate of drug-likeness (QED) is 0.686. The van der Waals surface area contributed by atoms with Gasteiger partial charge in [-0.25, -0.2) is 13.2 Å². The number of aryl methyl sites for hydroxylation is 1. The van der Waals surface area contributed by atoms with E-state index in [0.29, 0.717) is 17.9 Å². The maximum atomic E-state index is 13.3. The van der Waals surface area contributed by atoms with Gasteiger partial charge >= 0.3 is 5.97 Å². The third-order valence-electron chi connectivity index (χ3n) is 6.97. The van der Waals surface area contributed by atoms with Gasteiger partial charge in [0.2, 0.25) is 0 Å². The Labute approximate surface area is 195 Å². The number of para-hydroxylation sites is 1. The lowest BCUT2D eigenvalue weighted by Gasteiger charge is -2.35. The smallest absolute Gasteiger partial charge is 0.339 e. The molecule has 33 heavy (non-hydrogen) atoms. The zero-order valence-corrected chi connectivity index (χ0v) is 20.5. The van der Waals surface area contributed by atoms with Gasteiger partial charge in [-0.3, -0.25) is 9.78 Å². The minimum Gasteiger partial charge on any atom is -0.452 e. The van der Waals surface area contributed by atoms with Crippen molar-refractivity contribution in [3.63, 3.8) is 0 Å². The van der Waals surface area contributed by atoms with Crippen LogP contribution in [0.3, 0.4) is 0 Å². The molecule has 1 N–H and O–H groups in total. The highest BCUT2D eigenvalue weighted by molar-refractivity contribution is 7.91. The number of carbonyl (C=O) groups excluding carboxylic acids is 2. The number of nitrogens with zero attached hydrogens (tertiary/aromatic N) is 1. The number of benzene rings is 1. The van der Waals surface area contributed by atoms with Crippen molar-refractivity contribution in [1.82, 2.24) is 10.3 Å². The Morgan fingerprint density at radius 2 is 1.97 bits per heavy atom. The lowest BCUT2D eigenvalue weighted by molar-refractivity contribution is -0.125. The number of pyridine rings is 1. The van der Waals surface area contributed by atoms with Crippen molar-refractivity contribution in [2.75, 3.05) is 18.1 Å². The molecule has 2 aliphatic rings. The second kappa shape index (κ2) is 8.38. The van der Waals surface area contributed by atoms with E-state index in [0.717, 1.165) is 41.4 Å². The molecule has 2 heterocycles. The number of aromatic nitrogens is 1. The fourth-order valence-corrected chi connectivity index (χ4v) is 7.14. The average molecular weight is 473 g/mol. The molecule has 8 heteroatoms. The Balaban J connectivity index is 1.57. The summed E-state index contributed by atoms with van der Waals surface area (Å²) < 4.78 is 29.1. The number of fused-ring (bicyclic) bond motifs is 2. The summed E-state index contributed by atoms with van der Waals surface area (Å²) >= 11 is 0. The normalized spacial score (nSPS) is 24.3. The Morgan fingerprint density at radius 3 is 2.64 bits per heavy atom. The number of nitrogens with one attached hydrogen (secondary N) is 1. The minimum atomic E-state index is -3.16. The predicted octanol–water partition coefficient (Wildman–Crippen LogP) is 3.24. The van der Waals surface area contributed by atoms with Crippen molar-refractivity contribution in [3.05, 3.63) is 41.1 Å². The van der Waals surface area contributed by atoms with Crippen molar-refractivity contribution < 1.29 is 22.7 Å². The van der Waals surface area contributed by atoms with Crippen molar-refractivity contribution in [3.8, 4) is 0 Å². The van der Waals surface area contributed by atoms with Crippen LogP contribution in [0.4, 0.5) is 0 Å². The van der Waals surface area contributed by atoms with E-state index >= 15 is 0 Å². The summed E-state index contributed by atoms with van der Waals surface area (Å²) in [6.45, 7) is 7.88. The number of esters is 1. The monoisotopic (exact) mass is 472 g/mol. The fourth-order valence-electron chi connectivity index (χ4n) is 5.05. The molecular formula is C25H32N2O5S. The van der Waals surface area contributed by atoms with Crippen molar-refractivity contribution in [2.45, 2.75) is 58.9 Å².